The molecule has 0 spiro atoms. The summed E-state index contributed by atoms with van der Waals surface area (Å²) in [6.45, 7) is 5.97. The molecule has 3 fully saturated rings. The highest BCUT2D eigenvalue weighted by Gasteiger charge is 2.31. The van der Waals surface area contributed by atoms with Crippen molar-refractivity contribution in [3.05, 3.63) is 0 Å². The van der Waals surface area contributed by atoms with Crippen LogP contribution in [0.1, 0.15) is 32.1 Å². The van der Waals surface area contributed by atoms with Crippen molar-refractivity contribution in [2.75, 3.05) is 60.0 Å². The van der Waals surface area contributed by atoms with E-state index in [0.717, 1.165) is 51.8 Å². The summed E-state index contributed by atoms with van der Waals surface area (Å²) in [7, 11) is 3.57. The van der Waals surface area contributed by atoms with Gasteiger partial charge in [-0.05, 0) is 19.3 Å². The number of guanidine groups is 1. The Morgan fingerprint density at radius 1 is 1.15 bits per heavy atom. The van der Waals surface area contributed by atoms with E-state index in [0.29, 0.717) is 12.1 Å². The fourth-order valence-electron chi connectivity index (χ4n) is 3.95. The number of carbonyl (C=O) groups excluding carboxylic acids is 1. The summed E-state index contributed by atoms with van der Waals surface area (Å²) in [4.78, 5) is 23.1. The van der Waals surface area contributed by atoms with Crippen LogP contribution < -0.4 is 5.32 Å². The van der Waals surface area contributed by atoms with E-state index in [2.05, 4.69) is 20.1 Å². The summed E-state index contributed by atoms with van der Waals surface area (Å²) in [6, 6.07) is 1.08. The largest absolute Gasteiger partial charge is 0.379 e. The third-order valence-corrected chi connectivity index (χ3v) is 5.58. The van der Waals surface area contributed by atoms with Crippen LogP contribution >= 0.6 is 24.0 Å². The number of halogens is 1. The molecule has 0 aromatic rings. The van der Waals surface area contributed by atoms with Crippen LogP contribution in [0.15, 0.2) is 4.99 Å². The molecule has 1 amide bonds. The summed E-state index contributed by atoms with van der Waals surface area (Å²) in [6.07, 6.45) is 6.16. The lowest BCUT2D eigenvalue weighted by atomic mass is 10.2. The van der Waals surface area contributed by atoms with Crippen LogP contribution in [0.2, 0.25) is 0 Å². The normalized spacial score (nSPS) is 25.2. The van der Waals surface area contributed by atoms with Gasteiger partial charge in [0.25, 0.3) is 0 Å². The maximum atomic E-state index is 12.0. The molecule has 26 heavy (non-hydrogen) atoms. The predicted molar refractivity (Wildman–Crippen MR) is 114 cm³/mol. The molecular formula is C18H34IN5O2. The molecule has 8 heteroatoms. The molecule has 1 aliphatic carbocycles. The van der Waals surface area contributed by atoms with Crippen LogP contribution in [-0.2, 0) is 9.53 Å². The molecule has 0 radical (unpaired) electrons. The van der Waals surface area contributed by atoms with Gasteiger partial charge in [0.2, 0.25) is 5.91 Å². The summed E-state index contributed by atoms with van der Waals surface area (Å²) >= 11 is 0. The van der Waals surface area contributed by atoms with Gasteiger partial charge >= 0.3 is 0 Å². The Balaban J connectivity index is 0.00000243. The van der Waals surface area contributed by atoms with E-state index in [9.17, 15) is 4.79 Å². The molecule has 150 valence electrons. The molecule has 0 aromatic carbocycles. The van der Waals surface area contributed by atoms with Crippen LogP contribution in [0, 0.1) is 0 Å². The maximum Gasteiger partial charge on any atom is 0.243 e. The Morgan fingerprint density at radius 2 is 1.85 bits per heavy atom. The van der Waals surface area contributed by atoms with Gasteiger partial charge in [0.15, 0.2) is 5.96 Å². The van der Waals surface area contributed by atoms with Gasteiger partial charge < -0.3 is 19.9 Å². The highest BCUT2D eigenvalue weighted by molar-refractivity contribution is 14.0. The number of rotatable bonds is 4. The Bertz CT molecular complexity index is 476. The topological polar surface area (TPSA) is 60.4 Å². The molecule has 1 N–H and O–H groups in total. The number of carbonyl (C=O) groups is 1. The second-order valence-corrected chi connectivity index (χ2v) is 7.59. The summed E-state index contributed by atoms with van der Waals surface area (Å²) in [5.41, 5.74) is 0. The van der Waals surface area contributed by atoms with Crippen molar-refractivity contribution in [2.45, 2.75) is 44.2 Å². The van der Waals surface area contributed by atoms with E-state index in [1.807, 2.05) is 0 Å². The second-order valence-electron chi connectivity index (χ2n) is 7.59. The smallest absolute Gasteiger partial charge is 0.243 e. The third kappa shape index (κ3) is 5.95. The van der Waals surface area contributed by atoms with Crippen LogP contribution in [-0.4, -0.2) is 98.7 Å². The molecule has 1 atom stereocenters. The molecule has 3 rings (SSSR count). The maximum absolute atomic E-state index is 12.0. The zero-order valence-electron chi connectivity index (χ0n) is 16.2. The van der Waals surface area contributed by atoms with E-state index in [1.165, 1.54) is 25.7 Å². The Kier molecular flexibility index (Phi) is 8.89. The van der Waals surface area contributed by atoms with E-state index in [-0.39, 0.29) is 36.4 Å². The predicted octanol–water partition coefficient (Wildman–Crippen LogP) is 0.987. The van der Waals surface area contributed by atoms with Gasteiger partial charge in [-0.2, -0.15) is 0 Å². The standard InChI is InChI=1S/C18H33N5O2.HI/c1-21(2)17(24)13-19-18(20-15-5-3-4-6-15)23-8-7-16(14-23)22-9-11-25-12-10-22;/h15-16H,3-14H2,1-2H3,(H,19,20);1H. The van der Waals surface area contributed by atoms with E-state index >= 15 is 0 Å². The molecule has 2 saturated heterocycles. The van der Waals surface area contributed by atoms with Crippen molar-refractivity contribution in [2.24, 2.45) is 4.99 Å². The van der Waals surface area contributed by atoms with Gasteiger partial charge in [0.05, 0.1) is 13.2 Å². The molecule has 0 bridgehead atoms. The molecule has 1 saturated carbocycles. The van der Waals surface area contributed by atoms with Gasteiger partial charge in [-0.3, -0.25) is 9.69 Å². The first-order chi connectivity index (χ1) is 12.1. The lowest BCUT2D eigenvalue weighted by Crippen LogP contribution is -2.48. The third-order valence-electron chi connectivity index (χ3n) is 5.58. The van der Waals surface area contributed by atoms with Crippen LogP contribution in [0.5, 0.6) is 0 Å². The summed E-state index contributed by atoms with van der Waals surface area (Å²) in [5.74, 6) is 0.979. The van der Waals surface area contributed by atoms with Crippen molar-refractivity contribution < 1.29 is 9.53 Å². The molecule has 2 aliphatic heterocycles. The monoisotopic (exact) mass is 479 g/mol. The van der Waals surface area contributed by atoms with Crippen LogP contribution in [0.4, 0.5) is 0 Å². The Morgan fingerprint density at radius 3 is 2.50 bits per heavy atom. The number of nitrogens with zero attached hydrogens (tertiary/aromatic N) is 4. The minimum absolute atomic E-state index is 0. The minimum Gasteiger partial charge on any atom is -0.379 e. The first kappa shape index (κ1) is 21.7. The van der Waals surface area contributed by atoms with E-state index in [4.69, 9.17) is 4.74 Å². The number of nitrogens with one attached hydrogen (secondary N) is 1. The molecule has 3 aliphatic rings. The van der Waals surface area contributed by atoms with E-state index < -0.39 is 0 Å². The SMILES string of the molecule is CN(C)C(=O)CN=C(NC1CCCC1)N1CCC(N2CCOCC2)C1.I. The van der Waals surface area contributed by atoms with Gasteiger partial charge in [-0.15, -0.1) is 24.0 Å². The number of likely N-dealkylation sites (tertiary alicyclic amines) is 1. The van der Waals surface area contributed by atoms with E-state index in [1.54, 1.807) is 19.0 Å². The number of morpholine rings is 1. The van der Waals surface area contributed by atoms with Gasteiger partial charge in [-0.25, -0.2) is 4.99 Å². The van der Waals surface area contributed by atoms with Crippen molar-refractivity contribution >= 4 is 35.8 Å². The lowest BCUT2D eigenvalue weighted by molar-refractivity contribution is -0.127. The molecule has 1 unspecified atom stereocenters. The number of likely N-dealkylation sites (N-methyl/N-ethyl adjacent to an activating group) is 1. The zero-order chi connectivity index (χ0) is 17.6. The van der Waals surface area contributed by atoms with Crippen LogP contribution in [0.3, 0.4) is 0 Å². The fraction of sp³-hybridized carbons (Fsp3) is 0.889. The highest BCUT2D eigenvalue weighted by Crippen LogP contribution is 2.20. The fourth-order valence-corrected chi connectivity index (χ4v) is 3.95. The number of amides is 1. The minimum atomic E-state index is 0. The average molecular weight is 479 g/mol. The van der Waals surface area contributed by atoms with Crippen LogP contribution in [0.25, 0.3) is 0 Å². The quantitative estimate of drug-likeness (QED) is 0.370. The molecular weight excluding hydrogens is 445 g/mol. The lowest BCUT2D eigenvalue weighted by Gasteiger charge is -2.32. The summed E-state index contributed by atoms with van der Waals surface area (Å²) < 4.78 is 5.48. The highest BCUT2D eigenvalue weighted by atomic mass is 127. The summed E-state index contributed by atoms with van der Waals surface area (Å²) in [5, 5.41) is 3.64. The van der Waals surface area contributed by atoms with Gasteiger partial charge in [0, 0.05) is 52.4 Å². The molecule has 2 heterocycles. The zero-order valence-corrected chi connectivity index (χ0v) is 18.5. The number of hydrogen-bond acceptors (Lipinski definition) is 4. The number of hydrogen-bond donors (Lipinski definition) is 1. The first-order valence-electron chi connectivity index (χ1n) is 9.71. The average Bonchev–Trinajstić information content (AvgIpc) is 3.30. The molecule has 7 nitrogen and oxygen atoms in total. The number of ether oxygens (including phenoxy) is 1. The van der Waals surface area contributed by atoms with Crippen molar-refractivity contribution in [1.82, 2.24) is 20.0 Å². The first-order valence-corrected chi connectivity index (χ1v) is 9.71. The molecule has 0 aromatic heterocycles. The van der Waals surface area contributed by atoms with Crippen molar-refractivity contribution in [3.8, 4) is 0 Å². The van der Waals surface area contributed by atoms with Crippen molar-refractivity contribution in [1.29, 1.82) is 0 Å². The number of aliphatic imine (C=N–C) groups is 1. The second kappa shape index (κ2) is 10.7. The van der Waals surface area contributed by atoms with Crippen molar-refractivity contribution in [3.63, 3.8) is 0 Å². The Hall–Kier alpha value is -0.610. The van der Waals surface area contributed by atoms with Gasteiger partial charge in [0.1, 0.15) is 6.54 Å². The Labute approximate surface area is 174 Å². The van der Waals surface area contributed by atoms with Gasteiger partial charge in [-0.1, -0.05) is 12.8 Å².